The third kappa shape index (κ3) is 5.87. The van der Waals surface area contributed by atoms with Crippen molar-refractivity contribution >= 4 is 48.7 Å². The van der Waals surface area contributed by atoms with Crippen molar-refractivity contribution in [2.75, 3.05) is 14.8 Å². The standard InChI is InChI=1S/C26H32N10O4S2/c27-17-10-12-18(13-11-17)31-26-32-23(22-24(33-26)36(16-30-22)19-6-1-2-7-19)35-42(39,40)25-20(8-5-15-29-25)34-41(37,38)21-9-3-4-14-28-21/h3-5,8-9,14-19,34H,1-2,6-7,10-13,27H2,(H2,31,32,33,35). The van der Waals surface area contributed by atoms with Crippen LogP contribution in [0.5, 0.6) is 0 Å². The SMILES string of the molecule is NC1CCC(Nc2nc(NS(=O)(=O)c3ncccc3NS(=O)(=O)c3ccccn3)c3ncn(C4CCCC4)c3n2)CC1. The number of pyridine rings is 2. The van der Waals surface area contributed by atoms with Crippen molar-refractivity contribution in [3.8, 4) is 0 Å². The smallest absolute Gasteiger partial charge is 0.282 e. The monoisotopic (exact) mass is 612 g/mol. The summed E-state index contributed by atoms with van der Waals surface area (Å²) in [6.45, 7) is 0. The van der Waals surface area contributed by atoms with Gasteiger partial charge in [-0.15, -0.1) is 0 Å². The molecule has 222 valence electrons. The van der Waals surface area contributed by atoms with Gasteiger partial charge in [-0.05, 0) is 62.8 Å². The molecule has 4 aromatic rings. The summed E-state index contributed by atoms with van der Waals surface area (Å²) in [4.78, 5) is 21.6. The summed E-state index contributed by atoms with van der Waals surface area (Å²) in [6, 6.07) is 7.61. The molecule has 42 heavy (non-hydrogen) atoms. The maximum Gasteiger partial charge on any atom is 0.282 e. The Morgan fingerprint density at radius 3 is 2.31 bits per heavy atom. The zero-order valence-electron chi connectivity index (χ0n) is 22.7. The highest BCUT2D eigenvalue weighted by molar-refractivity contribution is 7.93. The summed E-state index contributed by atoms with van der Waals surface area (Å²) < 4.78 is 60.1. The minimum absolute atomic E-state index is 0.0315. The number of rotatable bonds is 9. The van der Waals surface area contributed by atoms with Crippen LogP contribution in [0.2, 0.25) is 0 Å². The maximum absolute atomic E-state index is 13.7. The molecule has 14 nitrogen and oxygen atoms in total. The Bertz CT molecular complexity index is 1780. The first kappa shape index (κ1) is 28.2. The van der Waals surface area contributed by atoms with E-state index in [4.69, 9.17) is 10.7 Å². The van der Waals surface area contributed by atoms with Gasteiger partial charge in [0.1, 0.15) is 0 Å². The molecule has 0 bridgehead atoms. The molecule has 0 radical (unpaired) electrons. The average molecular weight is 613 g/mol. The quantitative estimate of drug-likeness (QED) is 0.216. The van der Waals surface area contributed by atoms with Crippen molar-refractivity contribution in [1.82, 2.24) is 29.5 Å². The molecule has 4 aromatic heterocycles. The Hall–Kier alpha value is -3.89. The van der Waals surface area contributed by atoms with Gasteiger partial charge in [-0.2, -0.15) is 26.8 Å². The molecule has 0 unspecified atom stereocenters. The summed E-state index contributed by atoms with van der Waals surface area (Å²) in [5.74, 6) is 0.244. The van der Waals surface area contributed by atoms with Crippen LogP contribution in [0.25, 0.3) is 11.2 Å². The van der Waals surface area contributed by atoms with Crippen molar-refractivity contribution in [3.63, 3.8) is 0 Å². The van der Waals surface area contributed by atoms with Gasteiger partial charge in [-0.25, -0.2) is 15.0 Å². The van der Waals surface area contributed by atoms with Gasteiger partial charge in [0.05, 0.1) is 12.0 Å². The Morgan fingerprint density at radius 2 is 1.57 bits per heavy atom. The van der Waals surface area contributed by atoms with Crippen LogP contribution in [0.1, 0.15) is 57.4 Å². The van der Waals surface area contributed by atoms with E-state index in [9.17, 15) is 16.8 Å². The second-order valence-corrected chi connectivity index (χ2v) is 13.9. The van der Waals surface area contributed by atoms with E-state index in [-0.39, 0.29) is 46.1 Å². The summed E-state index contributed by atoms with van der Waals surface area (Å²) >= 11 is 0. The Morgan fingerprint density at radius 1 is 0.810 bits per heavy atom. The minimum Gasteiger partial charge on any atom is -0.351 e. The van der Waals surface area contributed by atoms with Crippen molar-refractivity contribution in [1.29, 1.82) is 0 Å². The molecule has 0 saturated heterocycles. The number of anilines is 3. The van der Waals surface area contributed by atoms with Gasteiger partial charge in [0, 0.05) is 30.5 Å². The molecular weight excluding hydrogens is 580 g/mol. The predicted octanol–water partition coefficient (Wildman–Crippen LogP) is 3.01. The fraction of sp³-hybridized carbons (Fsp3) is 0.423. The zero-order valence-corrected chi connectivity index (χ0v) is 24.4. The van der Waals surface area contributed by atoms with Gasteiger partial charge >= 0.3 is 0 Å². The molecule has 2 saturated carbocycles. The first-order valence-electron chi connectivity index (χ1n) is 13.9. The van der Waals surface area contributed by atoms with Crippen molar-refractivity contribution in [2.24, 2.45) is 5.73 Å². The lowest BCUT2D eigenvalue weighted by Gasteiger charge is -2.27. The fourth-order valence-corrected chi connectivity index (χ4v) is 7.69. The van der Waals surface area contributed by atoms with Crippen LogP contribution in [0.3, 0.4) is 0 Å². The third-order valence-corrected chi connectivity index (χ3v) is 10.2. The molecule has 6 rings (SSSR count). The van der Waals surface area contributed by atoms with E-state index in [0.717, 1.165) is 51.4 Å². The number of fused-ring (bicyclic) bond motifs is 1. The molecule has 2 fully saturated rings. The molecule has 0 amide bonds. The number of hydrogen-bond donors (Lipinski definition) is 4. The van der Waals surface area contributed by atoms with Crippen LogP contribution in [0.4, 0.5) is 17.5 Å². The number of hydrogen-bond acceptors (Lipinski definition) is 11. The lowest BCUT2D eigenvalue weighted by atomic mass is 9.92. The zero-order chi connectivity index (χ0) is 29.3. The molecule has 0 aromatic carbocycles. The molecule has 5 N–H and O–H groups in total. The second-order valence-electron chi connectivity index (χ2n) is 10.6. The van der Waals surface area contributed by atoms with Crippen LogP contribution in [0, 0.1) is 0 Å². The van der Waals surface area contributed by atoms with Gasteiger partial charge in [0.25, 0.3) is 20.0 Å². The molecular formula is C26H32N10O4S2. The van der Waals surface area contributed by atoms with E-state index in [1.54, 1.807) is 12.4 Å². The summed E-state index contributed by atoms with van der Waals surface area (Å²) in [5, 5.41) is 2.57. The van der Waals surface area contributed by atoms with E-state index >= 15 is 0 Å². The number of aromatic nitrogens is 6. The molecule has 0 aliphatic heterocycles. The third-order valence-electron chi connectivity index (χ3n) is 7.66. The molecule has 2 aliphatic carbocycles. The highest BCUT2D eigenvalue weighted by atomic mass is 32.2. The Kier molecular flexibility index (Phi) is 7.67. The van der Waals surface area contributed by atoms with E-state index in [1.165, 1.54) is 36.7 Å². The van der Waals surface area contributed by atoms with Crippen LogP contribution < -0.4 is 20.5 Å². The van der Waals surface area contributed by atoms with Crippen LogP contribution in [0.15, 0.2) is 59.1 Å². The molecule has 2 aliphatic rings. The number of nitrogens with zero attached hydrogens (tertiary/aromatic N) is 6. The Balaban J connectivity index is 1.36. The molecule has 0 atom stereocenters. The molecule has 16 heteroatoms. The van der Waals surface area contributed by atoms with Gasteiger partial charge in [-0.1, -0.05) is 18.9 Å². The summed E-state index contributed by atoms with van der Waals surface area (Å²) in [5.41, 5.74) is 6.63. The lowest BCUT2D eigenvalue weighted by Crippen LogP contribution is -2.33. The van der Waals surface area contributed by atoms with Gasteiger partial charge in [-0.3, -0.25) is 9.44 Å². The van der Waals surface area contributed by atoms with E-state index < -0.39 is 25.1 Å². The van der Waals surface area contributed by atoms with Gasteiger partial charge < -0.3 is 15.6 Å². The van der Waals surface area contributed by atoms with Crippen LogP contribution >= 0.6 is 0 Å². The first-order chi connectivity index (χ1) is 20.2. The van der Waals surface area contributed by atoms with Crippen molar-refractivity contribution in [3.05, 3.63) is 49.1 Å². The maximum atomic E-state index is 13.7. The lowest BCUT2D eigenvalue weighted by molar-refractivity contribution is 0.410. The largest absolute Gasteiger partial charge is 0.351 e. The van der Waals surface area contributed by atoms with Gasteiger partial charge in [0.2, 0.25) is 5.95 Å². The van der Waals surface area contributed by atoms with E-state index in [0.29, 0.717) is 5.65 Å². The van der Waals surface area contributed by atoms with Crippen molar-refractivity contribution < 1.29 is 16.8 Å². The molecule has 4 heterocycles. The highest BCUT2D eigenvalue weighted by Crippen LogP contribution is 2.34. The number of imidazole rings is 1. The number of nitrogens with one attached hydrogen (secondary N) is 3. The van der Waals surface area contributed by atoms with Crippen molar-refractivity contribution in [2.45, 2.75) is 79.5 Å². The summed E-state index contributed by atoms with van der Waals surface area (Å²) in [6.07, 6.45) is 11.8. The Labute approximate surface area is 243 Å². The number of sulfonamides is 2. The summed E-state index contributed by atoms with van der Waals surface area (Å²) in [7, 11) is -8.64. The first-order valence-corrected chi connectivity index (χ1v) is 16.8. The average Bonchev–Trinajstić information content (AvgIpc) is 3.65. The van der Waals surface area contributed by atoms with Gasteiger partial charge in [0.15, 0.2) is 27.0 Å². The van der Waals surface area contributed by atoms with Crippen LogP contribution in [-0.4, -0.2) is 58.4 Å². The van der Waals surface area contributed by atoms with E-state index in [2.05, 4.69) is 34.7 Å². The second kappa shape index (κ2) is 11.4. The fourth-order valence-electron chi connectivity index (χ4n) is 5.51. The topological polar surface area (TPSA) is 200 Å². The minimum atomic E-state index is -4.45. The van der Waals surface area contributed by atoms with Crippen LogP contribution in [-0.2, 0) is 20.0 Å². The van der Waals surface area contributed by atoms with E-state index in [1.807, 2.05) is 4.57 Å². The normalized spacial score (nSPS) is 20.0. The highest BCUT2D eigenvalue weighted by Gasteiger charge is 2.29. The number of nitrogens with two attached hydrogens (primary N) is 1. The molecule has 0 spiro atoms. The predicted molar refractivity (Wildman–Crippen MR) is 157 cm³/mol.